The van der Waals surface area contributed by atoms with Crippen LogP contribution in [-0.2, 0) is 6.42 Å². The summed E-state index contributed by atoms with van der Waals surface area (Å²) in [6.45, 7) is 13.9. The van der Waals surface area contributed by atoms with Crippen molar-refractivity contribution in [2.45, 2.75) is 85.4 Å². The normalized spacial score (nSPS) is 18.8. The van der Waals surface area contributed by atoms with Crippen molar-refractivity contribution in [1.29, 1.82) is 10.5 Å². The first-order valence-corrected chi connectivity index (χ1v) is 12.3. The van der Waals surface area contributed by atoms with Gasteiger partial charge >= 0.3 is 0 Å². The molecule has 0 bridgehead atoms. The molecule has 1 aliphatic carbocycles. The van der Waals surface area contributed by atoms with Crippen LogP contribution < -0.4 is 10.6 Å². The Labute approximate surface area is 201 Å². The van der Waals surface area contributed by atoms with Crippen LogP contribution in [0.3, 0.4) is 0 Å². The van der Waals surface area contributed by atoms with Crippen LogP contribution in [0.2, 0.25) is 0 Å². The van der Waals surface area contributed by atoms with Gasteiger partial charge in [-0.1, -0.05) is 65.8 Å². The summed E-state index contributed by atoms with van der Waals surface area (Å²) in [5, 5.41) is 25.9. The van der Waals surface area contributed by atoms with Gasteiger partial charge in [0.1, 0.15) is 6.04 Å². The number of nitrogens with one attached hydrogen (secondary N) is 2. The van der Waals surface area contributed by atoms with Crippen molar-refractivity contribution in [3.8, 4) is 12.1 Å². The Morgan fingerprint density at radius 3 is 2.36 bits per heavy atom. The lowest BCUT2D eigenvalue weighted by atomic mass is 9.83. The maximum Gasteiger partial charge on any atom is 0.101 e. The highest BCUT2D eigenvalue weighted by Crippen LogP contribution is 2.28. The van der Waals surface area contributed by atoms with E-state index in [9.17, 15) is 10.5 Å². The smallest absolute Gasteiger partial charge is 0.101 e. The molecule has 1 aliphatic rings. The molecule has 4 atom stereocenters. The second-order valence-electron chi connectivity index (χ2n) is 10.7. The second kappa shape index (κ2) is 12.7. The molecule has 4 unspecified atom stereocenters. The van der Waals surface area contributed by atoms with Crippen LogP contribution in [0.15, 0.2) is 36.6 Å². The van der Waals surface area contributed by atoms with Crippen molar-refractivity contribution in [1.82, 2.24) is 15.6 Å². The first-order chi connectivity index (χ1) is 15.7. The molecule has 0 saturated carbocycles. The van der Waals surface area contributed by atoms with E-state index in [1.54, 1.807) is 0 Å². The van der Waals surface area contributed by atoms with Crippen molar-refractivity contribution < 1.29 is 0 Å². The highest BCUT2D eigenvalue weighted by Gasteiger charge is 2.26. The van der Waals surface area contributed by atoms with Gasteiger partial charge < -0.3 is 5.32 Å². The monoisotopic (exact) mass is 447 g/mol. The van der Waals surface area contributed by atoms with Crippen LogP contribution in [0, 0.1) is 39.9 Å². The molecule has 0 amide bonds. The lowest BCUT2D eigenvalue weighted by Crippen LogP contribution is -2.45. The predicted octanol–water partition coefficient (Wildman–Crippen LogP) is 5.42. The molecule has 1 aromatic rings. The zero-order valence-corrected chi connectivity index (χ0v) is 21.2. The Morgan fingerprint density at radius 2 is 1.88 bits per heavy atom. The molecule has 5 nitrogen and oxygen atoms in total. The highest BCUT2D eigenvalue weighted by atomic mass is 15.0. The zero-order valence-electron chi connectivity index (χ0n) is 21.2. The third kappa shape index (κ3) is 8.77. The maximum atomic E-state index is 9.68. The Kier molecular flexibility index (Phi) is 10.3. The second-order valence-corrected chi connectivity index (χ2v) is 10.7. The molecule has 1 aromatic heterocycles. The largest absolute Gasteiger partial charge is 0.301 e. The summed E-state index contributed by atoms with van der Waals surface area (Å²) in [6, 6.07) is 8.87. The minimum absolute atomic E-state index is 0.135. The molecule has 1 heterocycles. The van der Waals surface area contributed by atoms with E-state index in [2.05, 4.69) is 93.6 Å². The summed E-state index contributed by atoms with van der Waals surface area (Å²) in [7, 11) is 0. The van der Waals surface area contributed by atoms with Crippen LogP contribution in [-0.4, -0.2) is 29.7 Å². The molecule has 0 aromatic carbocycles. The Balaban J connectivity index is 1.92. The van der Waals surface area contributed by atoms with Crippen molar-refractivity contribution in [3.63, 3.8) is 0 Å². The van der Waals surface area contributed by atoms with Gasteiger partial charge in [0.2, 0.25) is 0 Å². The van der Waals surface area contributed by atoms with Crippen molar-refractivity contribution in [3.05, 3.63) is 47.8 Å². The number of nitrogens with zero attached hydrogens (tertiary/aromatic N) is 3. The van der Waals surface area contributed by atoms with Crippen LogP contribution in [0.25, 0.3) is 5.57 Å². The van der Waals surface area contributed by atoms with Gasteiger partial charge in [-0.3, -0.25) is 10.3 Å². The molecular formula is C28H41N5. The fourth-order valence-corrected chi connectivity index (χ4v) is 4.20. The van der Waals surface area contributed by atoms with E-state index in [4.69, 9.17) is 0 Å². The fourth-order valence-electron chi connectivity index (χ4n) is 4.20. The molecule has 0 aliphatic heterocycles. The van der Waals surface area contributed by atoms with Gasteiger partial charge in [-0.05, 0) is 60.3 Å². The predicted molar refractivity (Wildman–Crippen MR) is 136 cm³/mol. The topological polar surface area (TPSA) is 84.5 Å². The lowest BCUT2D eigenvalue weighted by molar-refractivity contribution is 0.244. The van der Waals surface area contributed by atoms with Gasteiger partial charge in [-0.2, -0.15) is 10.5 Å². The quantitative estimate of drug-likeness (QED) is 0.473. The van der Waals surface area contributed by atoms with E-state index < -0.39 is 0 Å². The number of rotatable bonds is 11. The molecule has 0 radical (unpaired) electrons. The SMILES string of the molecule is CCC(NC(C#N)CC1C=CC(c2ccc(CC(C#N)NCC(C)C)nc2)=CC1)C(C)(C)C. The first-order valence-electron chi connectivity index (χ1n) is 12.3. The first kappa shape index (κ1) is 26.8. The molecule has 33 heavy (non-hydrogen) atoms. The Bertz CT molecular complexity index is 877. The van der Waals surface area contributed by atoms with E-state index in [0.717, 1.165) is 37.1 Å². The van der Waals surface area contributed by atoms with Crippen molar-refractivity contribution in [2.75, 3.05) is 6.54 Å². The number of hydrogen-bond acceptors (Lipinski definition) is 5. The molecule has 0 saturated heterocycles. The summed E-state index contributed by atoms with van der Waals surface area (Å²) in [5.41, 5.74) is 3.32. The lowest BCUT2D eigenvalue weighted by Gasteiger charge is -2.33. The van der Waals surface area contributed by atoms with Crippen molar-refractivity contribution in [2.24, 2.45) is 17.3 Å². The third-order valence-corrected chi connectivity index (χ3v) is 6.24. The molecular weight excluding hydrogens is 406 g/mol. The summed E-state index contributed by atoms with van der Waals surface area (Å²) in [6.07, 6.45) is 11.9. The Hall–Kier alpha value is -2.47. The minimum Gasteiger partial charge on any atom is -0.301 e. The number of hydrogen-bond donors (Lipinski definition) is 2. The number of allylic oxidation sites excluding steroid dienone is 4. The maximum absolute atomic E-state index is 9.68. The van der Waals surface area contributed by atoms with Gasteiger partial charge in [0, 0.05) is 24.4 Å². The Morgan fingerprint density at radius 1 is 1.15 bits per heavy atom. The fraction of sp³-hybridized carbons (Fsp3) is 0.607. The average molecular weight is 448 g/mol. The minimum atomic E-state index is -0.215. The van der Waals surface area contributed by atoms with Crippen molar-refractivity contribution >= 4 is 5.57 Å². The highest BCUT2D eigenvalue weighted by molar-refractivity contribution is 5.74. The van der Waals surface area contributed by atoms with E-state index in [-0.39, 0.29) is 17.5 Å². The van der Waals surface area contributed by atoms with Gasteiger partial charge in [-0.25, -0.2) is 0 Å². The van der Waals surface area contributed by atoms with E-state index >= 15 is 0 Å². The van der Waals surface area contributed by atoms with Gasteiger partial charge in [-0.15, -0.1) is 0 Å². The standard InChI is InChI=1S/C28H41N5/c1-7-27(28(4,5)6)33-26(17-30)14-21-8-10-22(11-9-21)23-12-13-24(32-19-23)15-25(16-29)31-18-20(2)3/h8,10-13,19-21,25-27,31,33H,7,9,14-15,18H2,1-6H3. The van der Waals surface area contributed by atoms with Crippen LogP contribution in [0.5, 0.6) is 0 Å². The molecule has 2 N–H and O–H groups in total. The summed E-state index contributed by atoms with van der Waals surface area (Å²) in [4.78, 5) is 4.60. The molecule has 0 spiro atoms. The number of aromatic nitrogens is 1. The number of nitriles is 2. The number of pyridine rings is 1. The molecule has 5 heteroatoms. The van der Waals surface area contributed by atoms with E-state index in [1.807, 2.05) is 12.3 Å². The van der Waals surface area contributed by atoms with Crippen LogP contribution in [0.4, 0.5) is 0 Å². The van der Waals surface area contributed by atoms with Crippen LogP contribution >= 0.6 is 0 Å². The van der Waals surface area contributed by atoms with E-state index in [0.29, 0.717) is 24.3 Å². The summed E-state index contributed by atoms with van der Waals surface area (Å²) in [5.74, 6) is 0.870. The van der Waals surface area contributed by atoms with Gasteiger partial charge in [0.15, 0.2) is 0 Å². The molecule has 178 valence electrons. The van der Waals surface area contributed by atoms with Gasteiger partial charge in [0.25, 0.3) is 0 Å². The van der Waals surface area contributed by atoms with Gasteiger partial charge in [0.05, 0.1) is 18.2 Å². The zero-order chi connectivity index (χ0) is 24.4. The molecule has 2 rings (SSSR count). The average Bonchev–Trinajstić information content (AvgIpc) is 2.79. The van der Waals surface area contributed by atoms with E-state index in [1.165, 1.54) is 5.57 Å². The van der Waals surface area contributed by atoms with Crippen LogP contribution in [0.1, 0.15) is 72.1 Å². The molecule has 0 fully saturated rings. The summed E-state index contributed by atoms with van der Waals surface area (Å²) >= 11 is 0. The summed E-state index contributed by atoms with van der Waals surface area (Å²) < 4.78 is 0. The third-order valence-electron chi connectivity index (χ3n) is 6.24.